The minimum absolute atomic E-state index is 0.0263. The fourth-order valence-electron chi connectivity index (χ4n) is 3.06. The van der Waals surface area contributed by atoms with Crippen LogP contribution in [0.5, 0.6) is 0 Å². The Morgan fingerprint density at radius 2 is 2.08 bits per heavy atom. The summed E-state index contributed by atoms with van der Waals surface area (Å²) in [4.78, 5) is 25.8. The predicted molar refractivity (Wildman–Crippen MR) is 92.6 cm³/mol. The van der Waals surface area contributed by atoms with Crippen LogP contribution in [-0.4, -0.2) is 56.6 Å². The number of anilines is 1. The first-order chi connectivity index (χ1) is 11.7. The molecule has 0 spiro atoms. The quantitative estimate of drug-likeness (QED) is 0.711. The third-order valence-corrected chi connectivity index (χ3v) is 5.19. The molecule has 1 aliphatic heterocycles. The zero-order valence-corrected chi connectivity index (χ0v) is 14.2. The maximum atomic E-state index is 12.9. The van der Waals surface area contributed by atoms with Crippen LogP contribution in [0, 0.1) is 6.92 Å². The van der Waals surface area contributed by atoms with Gasteiger partial charge in [0.1, 0.15) is 0 Å². The highest BCUT2D eigenvalue weighted by Gasteiger charge is 2.23. The molecule has 0 radical (unpaired) electrons. The van der Waals surface area contributed by atoms with Crippen molar-refractivity contribution in [1.82, 2.24) is 24.5 Å². The molecular weight excluding hydrogens is 324 g/mol. The topological polar surface area (TPSA) is 66.6 Å². The van der Waals surface area contributed by atoms with Crippen molar-refractivity contribution in [3.05, 3.63) is 41.3 Å². The third kappa shape index (κ3) is 2.62. The standard InChI is InChI=1S/C16H18N6OS/c1-12-13(11-18-14-3-4-19-22(12)14)15(23)20-6-2-7-21(9-8-20)16-17-5-10-24-16/h3-5,10-11H,2,6-9H2,1H3. The van der Waals surface area contributed by atoms with Crippen molar-refractivity contribution < 1.29 is 4.79 Å². The number of rotatable bonds is 2. The number of aromatic nitrogens is 4. The van der Waals surface area contributed by atoms with E-state index in [0.29, 0.717) is 12.1 Å². The molecule has 124 valence electrons. The van der Waals surface area contributed by atoms with Gasteiger partial charge in [0.25, 0.3) is 5.91 Å². The van der Waals surface area contributed by atoms with Gasteiger partial charge in [-0.15, -0.1) is 11.3 Å². The molecule has 1 fully saturated rings. The second-order valence-corrected chi connectivity index (χ2v) is 6.68. The van der Waals surface area contributed by atoms with Gasteiger partial charge in [-0.2, -0.15) is 5.10 Å². The number of aryl methyl sites for hydroxylation is 1. The number of hydrogen-bond acceptors (Lipinski definition) is 6. The Kier molecular flexibility index (Phi) is 3.89. The molecule has 3 aromatic rings. The van der Waals surface area contributed by atoms with Gasteiger partial charge >= 0.3 is 0 Å². The fraction of sp³-hybridized carbons (Fsp3) is 0.375. The van der Waals surface area contributed by atoms with Gasteiger partial charge in [-0.05, 0) is 13.3 Å². The highest BCUT2D eigenvalue weighted by Crippen LogP contribution is 2.20. The van der Waals surface area contributed by atoms with Crippen LogP contribution in [0.3, 0.4) is 0 Å². The van der Waals surface area contributed by atoms with E-state index in [4.69, 9.17) is 0 Å². The van der Waals surface area contributed by atoms with Gasteiger partial charge in [-0.3, -0.25) is 4.79 Å². The van der Waals surface area contributed by atoms with Crippen molar-refractivity contribution in [2.75, 3.05) is 31.1 Å². The van der Waals surface area contributed by atoms with Gasteiger partial charge in [0.2, 0.25) is 0 Å². The summed E-state index contributed by atoms with van der Waals surface area (Å²) in [6.45, 7) is 5.07. The van der Waals surface area contributed by atoms with Crippen LogP contribution in [0.1, 0.15) is 22.5 Å². The number of thiazole rings is 1. The molecule has 0 saturated carbocycles. The largest absolute Gasteiger partial charge is 0.346 e. The van der Waals surface area contributed by atoms with E-state index in [-0.39, 0.29) is 5.91 Å². The van der Waals surface area contributed by atoms with E-state index in [1.807, 2.05) is 29.5 Å². The molecule has 4 rings (SSSR count). The summed E-state index contributed by atoms with van der Waals surface area (Å²) >= 11 is 1.64. The van der Waals surface area contributed by atoms with Gasteiger partial charge in [-0.1, -0.05) is 0 Å². The van der Waals surface area contributed by atoms with Gasteiger partial charge in [0.15, 0.2) is 10.8 Å². The molecule has 0 unspecified atom stereocenters. The number of carbonyl (C=O) groups excluding carboxylic acids is 1. The van der Waals surface area contributed by atoms with E-state index in [1.54, 1.807) is 28.2 Å². The summed E-state index contributed by atoms with van der Waals surface area (Å²) in [5.41, 5.74) is 2.21. The number of nitrogens with zero attached hydrogens (tertiary/aromatic N) is 6. The Bertz CT molecular complexity index is 859. The lowest BCUT2D eigenvalue weighted by molar-refractivity contribution is 0.0765. The van der Waals surface area contributed by atoms with Crippen LogP contribution in [-0.2, 0) is 0 Å². The zero-order valence-electron chi connectivity index (χ0n) is 13.4. The van der Waals surface area contributed by atoms with Crippen molar-refractivity contribution in [3.8, 4) is 0 Å². The molecule has 8 heteroatoms. The average molecular weight is 342 g/mol. The van der Waals surface area contributed by atoms with Gasteiger partial charge in [-0.25, -0.2) is 14.5 Å². The van der Waals surface area contributed by atoms with E-state index in [0.717, 1.165) is 42.5 Å². The molecule has 0 aliphatic carbocycles. The minimum Gasteiger partial charge on any atom is -0.346 e. The summed E-state index contributed by atoms with van der Waals surface area (Å²) < 4.78 is 1.72. The van der Waals surface area contributed by atoms with E-state index in [2.05, 4.69) is 20.0 Å². The summed E-state index contributed by atoms with van der Waals surface area (Å²) in [5, 5.41) is 7.25. The SMILES string of the molecule is Cc1c(C(=O)N2CCCN(c3nccs3)CC2)cnc2ccnn12. The van der Waals surface area contributed by atoms with E-state index < -0.39 is 0 Å². The second-order valence-electron chi connectivity index (χ2n) is 5.81. The van der Waals surface area contributed by atoms with Crippen LogP contribution in [0.15, 0.2) is 30.0 Å². The number of carbonyl (C=O) groups is 1. The molecule has 4 heterocycles. The molecule has 0 bridgehead atoms. The summed E-state index contributed by atoms with van der Waals surface area (Å²) in [7, 11) is 0. The maximum Gasteiger partial charge on any atom is 0.257 e. The maximum absolute atomic E-state index is 12.9. The van der Waals surface area contributed by atoms with Crippen LogP contribution < -0.4 is 4.90 Å². The van der Waals surface area contributed by atoms with Crippen molar-refractivity contribution >= 4 is 28.0 Å². The lowest BCUT2D eigenvalue weighted by Crippen LogP contribution is -2.35. The van der Waals surface area contributed by atoms with Crippen molar-refractivity contribution in [3.63, 3.8) is 0 Å². The predicted octanol–water partition coefficient (Wildman–Crippen LogP) is 1.85. The number of amides is 1. The molecule has 1 amide bonds. The smallest absolute Gasteiger partial charge is 0.257 e. The monoisotopic (exact) mass is 342 g/mol. The first-order valence-electron chi connectivity index (χ1n) is 7.97. The fourth-order valence-corrected chi connectivity index (χ4v) is 3.75. The van der Waals surface area contributed by atoms with Crippen LogP contribution in [0.4, 0.5) is 5.13 Å². The van der Waals surface area contributed by atoms with Gasteiger partial charge < -0.3 is 9.80 Å². The Balaban J connectivity index is 1.54. The first-order valence-corrected chi connectivity index (χ1v) is 8.85. The summed E-state index contributed by atoms with van der Waals surface area (Å²) in [6, 6.07) is 1.83. The van der Waals surface area contributed by atoms with Crippen LogP contribution in [0.2, 0.25) is 0 Å². The lowest BCUT2D eigenvalue weighted by atomic mass is 10.2. The van der Waals surface area contributed by atoms with Crippen molar-refractivity contribution in [1.29, 1.82) is 0 Å². The van der Waals surface area contributed by atoms with Gasteiger partial charge in [0.05, 0.1) is 17.5 Å². The Morgan fingerprint density at radius 3 is 2.92 bits per heavy atom. The third-order valence-electron chi connectivity index (χ3n) is 4.36. The van der Waals surface area contributed by atoms with Crippen molar-refractivity contribution in [2.24, 2.45) is 0 Å². The zero-order chi connectivity index (χ0) is 16.5. The number of hydrogen-bond donors (Lipinski definition) is 0. The first kappa shape index (κ1) is 15.1. The van der Waals surface area contributed by atoms with Crippen molar-refractivity contribution in [2.45, 2.75) is 13.3 Å². The molecule has 0 N–H and O–H groups in total. The minimum atomic E-state index is 0.0263. The second kappa shape index (κ2) is 6.20. The molecule has 7 nitrogen and oxygen atoms in total. The van der Waals surface area contributed by atoms with Crippen LogP contribution >= 0.6 is 11.3 Å². The van der Waals surface area contributed by atoms with E-state index in [9.17, 15) is 4.79 Å². The Labute approximate surface area is 143 Å². The summed E-state index contributed by atoms with van der Waals surface area (Å²) in [6.07, 6.45) is 6.11. The highest BCUT2D eigenvalue weighted by molar-refractivity contribution is 7.13. The molecule has 0 aromatic carbocycles. The molecule has 3 aromatic heterocycles. The lowest BCUT2D eigenvalue weighted by Gasteiger charge is -2.22. The Hall–Kier alpha value is -2.48. The van der Waals surface area contributed by atoms with E-state index in [1.165, 1.54) is 0 Å². The molecular formula is C16H18N6OS. The van der Waals surface area contributed by atoms with Gasteiger partial charge in [0, 0.05) is 50.0 Å². The summed E-state index contributed by atoms with van der Waals surface area (Å²) in [5.74, 6) is 0.0263. The number of fused-ring (bicyclic) bond motifs is 1. The van der Waals surface area contributed by atoms with E-state index >= 15 is 0 Å². The highest BCUT2D eigenvalue weighted by atomic mass is 32.1. The molecule has 24 heavy (non-hydrogen) atoms. The molecule has 1 aliphatic rings. The Morgan fingerprint density at radius 1 is 1.17 bits per heavy atom. The normalized spacial score (nSPS) is 15.7. The molecule has 1 saturated heterocycles. The van der Waals surface area contributed by atoms with Crippen LogP contribution in [0.25, 0.3) is 5.65 Å². The average Bonchev–Trinajstić information content (AvgIpc) is 3.23. The molecule has 0 atom stereocenters.